The Morgan fingerprint density at radius 1 is 1.10 bits per heavy atom. The maximum Gasteiger partial charge on any atom is 0.199 e. The fourth-order valence-corrected chi connectivity index (χ4v) is 0.990. The first-order chi connectivity index (χ1) is 4.70. The van der Waals surface area contributed by atoms with Crippen molar-refractivity contribution in [3.05, 3.63) is 30.1 Å². The first-order valence-electron chi connectivity index (χ1n) is 2.63. The molecule has 0 aromatic heterocycles. The van der Waals surface area contributed by atoms with E-state index in [1.807, 2.05) is 0 Å². The maximum atomic E-state index is 12.2. The van der Waals surface area contributed by atoms with E-state index in [4.69, 9.17) is 9.79 Å². The summed E-state index contributed by atoms with van der Waals surface area (Å²) < 4.78 is 12.2. The summed E-state index contributed by atoms with van der Waals surface area (Å²) in [6, 6.07) is 5.08. The van der Waals surface area contributed by atoms with E-state index in [2.05, 4.69) is 0 Å². The first-order valence-corrected chi connectivity index (χ1v) is 3.88. The average Bonchev–Trinajstić information content (AvgIpc) is 1.88. The molecule has 1 rings (SSSR count). The lowest BCUT2D eigenvalue weighted by Crippen LogP contribution is -1.97. The topological polar surface area (TPSA) is 40.5 Å². The minimum atomic E-state index is -2.07. The summed E-state index contributed by atoms with van der Waals surface area (Å²) in [5, 5.41) is 0.358. The van der Waals surface area contributed by atoms with E-state index >= 15 is 0 Å². The van der Waals surface area contributed by atoms with Gasteiger partial charge in [0.1, 0.15) is 5.82 Å². The van der Waals surface area contributed by atoms with E-state index in [1.54, 1.807) is 0 Å². The Morgan fingerprint density at radius 3 is 2.00 bits per heavy atom. The molecule has 1 aromatic carbocycles. The van der Waals surface area contributed by atoms with Crippen LogP contribution in [0, 0.1) is 5.82 Å². The van der Waals surface area contributed by atoms with Crippen LogP contribution in [-0.4, -0.2) is 9.79 Å². The monoisotopic (exact) mass is 160 g/mol. The predicted octanol–water partition coefficient (Wildman–Crippen LogP) is 0.747. The van der Waals surface area contributed by atoms with E-state index < -0.39 is 8.38 Å². The summed E-state index contributed by atoms with van der Waals surface area (Å²) in [5.74, 6) is -0.374. The Labute approximate surface area is 58.9 Å². The molecule has 54 valence electrons. The van der Waals surface area contributed by atoms with Crippen molar-refractivity contribution in [3.63, 3.8) is 0 Å². The first kappa shape index (κ1) is 7.61. The van der Waals surface area contributed by atoms with Gasteiger partial charge >= 0.3 is 0 Å². The Hall–Kier alpha value is -0.500. The molecular weight excluding hydrogens is 154 g/mol. The molecule has 0 amide bonds. The highest BCUT2D eigenvalue weighted by Gasteiger charge is 2.01. The Bertz CT molecular complexity index is 209. The van der Waals surface area contributed by atoms with Crippen LogP contribution in [0.2, 0.25) is 0 Å². The van der Waals surface area contributed by atoms with Gasteiger partial charge in [0, 0.05) is 5.30 Å². The van der Waals surface area contributed by atoms with E-state index in [9.17, 15) is 4.39 Å². The molecule has 0 unspecified atom stereocenters. The number of halogens is 1. The molecule has 10 heavy (non-hydrogen) atoms. The predicted molar refractivity (Wildman–Crippen MR) is 37.4 cm³/mol. The lowest BCUT2D eigenvalue weighted by atomic mass is 10.4. The van der Waals surface area contributed by atoms with Gasteiger partial charge in [-0.1, -0.05) is 0 Å². The minimum Gasteiger partial charge on any atom is -0.347 e. The molecule has 0 aliphatic heterocycles. The van der Waals surface area contributed by atoms with Gasteiger partial charge in [-0.25, -0.2) is 4.39 Å². The average molecular weight is 160 g/mol. The van der Waals surface area contributed by atoms with Crippen LogP contribution < -0.4 is 5.30 Å². The summed E-state index contributed by atoms with van der Waals surface area (Å²) in [7, 11) is -2.07. The molecule has 0 radical (unpaired) electrons. The highest BCUT2D eigenvalue weighted by Crippen LogP contribution is 2.21. The van der Waals surface area contributed by atoms with Crippen molar-refractivity contribution in [2.24, 2.45) is 0 Å². The molecule has 0 saturated heterocycles. The SMILES string of the molecule is OP(O)c1ccc(F)cc1. The third-order valence-corrected chi connectivity index (χ3v) is 1.82. The van der Waals surface area contributed by atoms with Crippen LogP contribution in [-0.2, 0) is 0 Å². The van der Waals surface area contributed by atoms with Gasteiger partial charge in [-0.3, -0.25) is 0 Å². The smallest absolute Gasteiger partial charge is 0.199 e. The quantitative estimate of drug-likeness (QED) is 0.595. The molecule has 4 heteroatoms. The van der Waals surface area contributed by atoms with E-state index in [1.165, 1.54) is 24.3 Å². The number of rotatable bonds is 1. The van der Waals surface area contributed by atoms with Crippen LogP contribution in [0.25, 0.3) is 0 Å². The Kier molecular flexibility index (Phi) is 2.33. The normalized spacial score (nSPS) is 10.4. The molecule has 0 atom stereocenters. The zero-order valence-corrected chi connectivity index (χ0v) is 5.92. The van der Waals surface area contributed by atoms with Gasteiger partial charge in [0.25, 0.3) is 0 Å². The molecule has 0 aliphatic rings. The van der Waals surface area contributed by atoms with Crippen LogP contribution in [0.5, 0.6) is 0 Å². The van der Waals surface area contributed by atoms with Crippen LogP contribution >= 0.6 is 8.38 Å². The summed E-state index contributed by atoms with van der Waals surface area (Å²) in [5.41, 5.74) is 0. The molecule has 0 spiro atoms. The van der Waals surface area contributed by atoms with Gasteiger partial charge in [0.15, 0.2) is 8.38 Å². The highest BCUT2D eigenvalue weighted by atomic mass is 31.2. The standard InChI is InChI=1S/C6H6FO2P/c7-5-1-3-6(4-2-5)10(8)9/h1-4,8-9H. The summed E-state index contributed by atoms with van der Waals surface area (Å²) in [6.45, 7) is 0. The van der Waals surface area contributed by atoms with Gasteiger partial charge in [-0.2, -0.15) is 0 Å². The summed E-state index contributed by atoms with van der Waals surface area (Å²) in [4.78, 5) is 17.2. The van der Waals surface area contributed by atoms with Gasteiger partial charge in [-0.15, -0.1) is 0 Å². The van der Waals surface area contributed by atoms with Crippen molar-refractivity contribution >= 4 is 13.7 Å². The second-order valence-corrected chi connectivity index (χ2v) is 2.86. The highest BCUT2D eigenvalue weighted by molar-refractivity contribution is 7.53. The maximum absolute atomic E-state index is 12.2. The Balaban J connectivity index is 2.89. The van der Waals surface area contributed by atoms with E-state index in [0.717, 1.165) is 0 Å². The molecule has 2 N–H and O–H groups in total. The lowest BCUT2D eigenvalue weighted by Gasteiger charge is -1.99. The molecule has 0 heterocycles. The molecular formula is C6H6FO2P. The van der Waals surface area contributed by atoms with Gasteiger partial charge in [-0.05, 0) is 24.3 Å². The van der Waals surface area contributed by atoms with Crippen LogP contribution in [0.4, 0.5) is 4.39 Å². The fraction of sp³-hybridized carbons (Fsp3) is 0. The Morgan fingerprint density at radius 2 is 1.60 bits per heavy atom. The molecule has 0 saturated carbocycles. The van der Waals surface area contributed by atoms with Crippen LogP contribution in [0.3, 0.4) is 0 Å². The van der Waals surface area contributed by atoms with Gasteiger partial charge < -0.3 is 9.79 Å². The minimum absolute atomic E-state index is 0.358. The summed E-state index contributed by atoms with van der Waals surface area (Å²) in [6.07, 6.45) is 0. The molecule has 2 nitrogen and oxygen atoms in total. The van der Waals surface area contributed by atoms with Crippen molar-refractivity contribution in [2.75, 3.05) is 0 Å². The van der Waals surface area contributed by atoms with E-state index in [0.29, 0.717) is 5.30 Å². The summed E-state index contributed by atoms with van der Waals surface area (Å²) >= 11 is 0. The fourth-order valence-electron chi connectivity index (χ4n) is 0.574. The van der Waals surface area contributed by atoms with Crippen molar-refractivity contribution in [3.8, 4) is 0 Å². The van der Waals surface area contributed by atoms with Gasteiger partial charge in [0.05, 0.1) is 0 Å². The number of hydrogen-bond acceptors (Lipinski definition) is 2. The molecule has 1 aromatic rings. The second-order valence-electron chi connectivity index (χ2n) is 1.77. The largest absolute Gasteiger partial charge is 0.347 e. The third kappa shape index (κ3) is 1.74. The van der Waals surface area contributed by atoms with Gasteiger partial charge in [0.2, 0.25) is 0 Å². The number of benzene rings is 1. The van der Waals surface area contributed by atoms with Crippen molar-refractivity contribution in [2.45, 2.75) is 0 Å². The van der Waals surface area contributed by atoms with Crippen molar-refractivity contribution in [1.29, 1.82) is 0 Å². The lowest BCUT2D eigenvalue weighted by molar-refractivity contribution is 0.497. The van der Waals surface area contributed by atoms with Crippen molar-refractivity contribution < 1.29 is 14.2 Å². The van der Waals surface area contributed by atoms with Crippen LogP contribution in [0.15, 0.2) is 24.3 Å². The van der Waals surface area contributed by atoms with Crippen molar-refractivity contribution in [1.82, 2.24) is 0 Å². The molecule has 0 aliphatic carbocycles. The molecule has 0 bridgehead atoms. The number of hydrogen-bond donors (Lipinski definition) is 2. The van der Waals surface area contributed by atoms with Crippen LogP contribution in [0.1, 0.15) is 0 Å². The second kappa shape index (κ2) is 3.06. The van der Waals surface area contributed by atoms with E-state index in [-0.39, 0.29) is 5.82 Å². The third-order valence-electron chi connectivity index (χ3n) is 1.06. The zero-order chi connectivity index (χ0) is 7.56. The molecule has 0 fully saturated rings. The zero-order valence-electron chi connectivity index (χ0n) is 5.03.